The van der Waals surface area contributed by atoms with E-state index in [-0.39, 0.29) is 0 Å². The molecule has 0 unspecified atom stereocenters. The first-order valence-corrected chi connectivity index (χ1v) is 6.34. The highest BCUT2D eigenvalue weighted by atomic mass is 79.9. The number of aromatic nitrogens is 2. The van der Waals surface area contributed by atoms with Crippen LogP contribution < -0.4 is 11.1 Å². The molecular weight excluding hydrogens is 310 g/mol. The number of hydrogen-bond acceptors (Lipinski definition) is 6. The summed E-state index contributed by atoms with van der Waals surface area (Å²) >= 11 is 3.44. The topological polar surface area (TPSA) is 89.3 Å². The Morgan fingerprint density at radius 1 is 1.21 bits per heavy atom. The Bertz CT molecular complexity index is 651. The molecule has 2 heterocycles. The van der Waals surface area contributed by atoms with E-state index in [0.29, 0.717) is 17.6 Å². The third-order valence-electron chi connectivity index (χ3n) is 2.66. The second-order valence-corrected chi connectivity index (χ2v) is 5.10. The fraction of sp³-hybridized carbons (Fsp3) is 0.0833. The van der Waals surface area contributed by atoms with E-state index in [9.17, 15) is 0 Å². The first kappa shape index (κ1) is 11.9. The minimum atomic E-state index is -0.957. The Morgan fingerprint density at radius 2 is 2.00 bits per heavy atom. The van der Waals surface area contributed by atoms with Crippen molar-refractivity contribution < 1.29 is 4.42 Å². The molecular formula is C12H10BrN5O. The van der Waals surface area contributed by atoms with E-state index in [2.05, 4.69) is 36.4 Å². The predicted octanol–water partition coefficient (Wildman–Crippen LogP) is 1.72. The molecule has 0 fully saturated rings. The number of hydrogen-bond donors (Lipinski definition) is 2. The van der Waals surface area contributed by atoms with E-state index in [1.165, 1.54) is 0 Å². The van der Waals surface area contributed by atoms with Crippen LogP contribution in [0.2, 0.25) is 0 Å². The second kappa shape index (κ2) is 4.51. The van der Waals surface area contributed by atoms with Crippen molar-refractivity contribution in [3.8, 4) is 11.5 Å². The van der Waals surface area contributed by atoms with Gasteiger partial charge in [-0.15, -0.1) is 10.2 Å². The van der Waals surface area contributed by atoms with E-state index in [1.54, 1.807) is 12.4 Å². The summed E-state index contributed by atoms with van der Waals surface area (Å²) in [7, 11) is 0. The Hall–Kier alpha value is -2.15. The van der Waals surface area contributed by atoms with Gasteiger partial charge in [-0.05, 0) is 28.1 Å². The maximum Gasteiger partial charge on any atom is 0.261 e. The van der Waals surface area contributed by atoms with Crippen LogP contribution >= 0.6 is 15.9 Å². The third kappa shape index (κ3) is 2.01. The smallest absolute Gasteiger partial charge is 0.261 e. The zero-order valence-electron chi connectivity index (χ0n) is 9.75. The molecule has 1 aromatic heterocycles. The van der Waals surface area contributed by atoms with Gasteiger partial charge in [-0.2, -0.15) is 0 Å². The highest BCUT2D eigenvalue weighted by Gasteiger charge is 2.39. The van der Waals surface area contributed by atoms with Crippen LogP contribution in [0.3, 0.4) is 0 Å². The molecule has 0 aliphatic carbocycles. The van der Waals surface area contributed by atoms with Crippen molar-refractivity contribution in [3.63, 3.8) is 0 Å². The van der Waals surface area contributed by atoms with Crippen molar-refractivity contribution in [2.45, 2.75) is 4.45 Å². The van der Waals surface area contributed by atoms with Crippen molar-refractivity contribution in [3.05, 3.63) is 48.6 Å². The average molecular weight is 320 g/mol. The molecule has 1 aliphatic rings. The number of nitrogens with zero attached hydrogens (tertiary/aromatic N) is 3. The molecule has 0 saturated heterocycles. The van der Waals surface area contributed by atoms with Crippen molar-refractivity contribution in [1.82, 2.24) is 15.5 Å². The van der Waals surface area contributed by atoms with E-state index < -0.39 is 4.45 Å². The van der Waals surface area contributed by atoms with Gasteiger partial charge in [-0.3, -0.25) is 0 Å². The fourth-order valence-corrected chi connectivity index (χ4v) is 2.06. The van der Waals surface area contributed by atoms with Gasteiger partial charge in [0, 0.05) is 18.0 Å². The summed E-state index contributed by atoms with van der Waals surface area (Å²) in [6.45, 7) is 0. The van der Waals surface area contributed by atoms with Gasteiger partial charge < -0.3 is 15.5 Å². The van der Waals surface area contributed by atoms with Crippen molar-refractivity contribution in [2.75, 3.05) is 0 Å². The molecule has 0 amide bonds. The number of halogens is 1. The van der Waals surface area contributed by atoms with Crippen LogP contribution in [0.25, 0.3) is 11.5 Å². The van der Waals surface area contributed by atoms with Gasteiger partial charge in [0.1, 0.15) is 5.84 Å². The maximum atomic E-state index is 5.85. The fourth-order valence-electron chi connectivity index (χ4n) is 1.66. The molecule has 0 spiro atoms. The molecule has 0 saturated carbocycles. The quantitative estimate of drug-likeness (QED) is 0.649. The number of alkyl halides is 1. The monoisotopic (exact) mass is 319 g/mol. The Kier molecular flexibility index (Phi) is 2.83. The van der Waals surface area contributed by atoms with Crippen molar-refractivity contribution in [1.29, 1.82) is 0 Å². The Balaban J connectivity index is 1.98. The SMILES string of the molecule is NC1=NC=CN[C@@]1(Br)c1nnc(-c2ccccc2)o1. The summed E-state index contributed by atoms with van der Waals surface area (Å²) in [6.07, 6.45) is 3.21. The summed E-state index contributed by atoms with van der Waals surface area (Å²) in [5, 5.41) is 11.0. The van der Waals surface area contributed by atoms with Gasteiger partial charge in [0.25, 0.3) is 5.89 Å². The minimum Gasteiger partial charge on any atom is -0.417 e. The molecule has 0 bridgehead atoms. The molecule has 96 valence electrons. The molecule has 1 aliphatic heterocycles. The number of benzene rings is 1. The summed E-state index contributed by atoms with van der Waals surface area (Å²) in [4.78, 5) is 4.02. The lowest BCUT2D eigenvalue weighted by molar-refractivity contribution is 0.460. The first-order valence-electron chi connectivity index (χ1n) is 5.55. The van der Waals surface area contributed by atoms with Crippen LogP contribution in [-0.4, -0.2) is 16.0 Å². The van der Waals surface area contributed by atoms with Crippen LogP contribution in [0.1, 0.15) is 5.89 Å². The second-order valence-electron chi connectivity index (χ2n) is 3.91. The Morgan fingerprint density at radius 3 is 2.74 bits per heavy atom. The summed E-state index contributed by atoms with van der Waals surface area (Å²) in [5.74, 6) is 1.04. The van der Waals surface area contributed by atoms with Crippen molar-refractivity contribution in [2.24, 2.45) is 10.7 Å². The lowest BCUT2D eigenvalue weighted by atomic mass is 10.2. The zero-order valence-corrected chi connectivity index (χ0v) is 11.3. The van der Waals surface area contributed by atoms with Gasteiger partial charge in [-0.25, -0.2) is 4.99 Å². The van der Waals surface area contributed by atoms with Crippen LogP contribution in [0.4, 0.5) is 0 Å². The van der Waals surface area contributed by atoms with E-state index in [1.807, 2.05) is 30.3 Å². The van der Waals surface area contributed by atoms with Gasteiger partial charge in [0.15, 0.2) is 0 Å². The van der Waals surface area contributed by atoms with Crippen LogP contribution in [0, 0.1) is 0 Å². The molecule has 1 atom stereocenters. The number of amidine groups is 1. The molecule has 6 nitrogen and oxygen atoms in total. The molecule has 19 heavy (non-hydrogen) atoms. The number of rotatable bonds is 2. The lowest BCUT2D eigenvalue weighted by Gasteiger charge is -2.25. The molecule has 0 radical (unpaired) electrons. The lowest BCUT2D eigenvalue weighted by Crippen LogP contribution is -2.47. The Labute approximate surface area is 117 Å². The third-order valence-corrected chi connectivity index (χ3v) is 3.64. The highest BCUT2D eigenvalue weighted by Crippen LogP contribution is 2.31. The van der Waals surface area contributed by atoms with Crippen molar-refractivity contribution >= 4 is 21.8 Å². The largest absolute Gasteiger partial charge is 0.417 e. The maximum absolute atomic E-state index is 5.85. The van der Waals surface area contributed by atoms with E-state index >= 15 is 0 Å². The minimum absolute atomic E-state index is 0.303. The standard InChI is InChI=1S/C12H10BrN5O/c13-12(10(14)15-6-7-16-12)11-18-17-9(19-11)8-4-2-1-3-5-8/h1-7,16H,(H2,14,15)/t12-/m1/s1. The average Bonchev–Trinajstić information content (AvgIpc) is 2.94. The zero-order chi connectivity index (χ0) is 13.3. The summed E-state index contributed by atoms with van der Waals surface area (Å²) < 4.78 is 4.70. The van der Waals surface area contributed by atoms with Crippen LogP contribution in [-0.2, 0) is 4.45 Å². The molecule has 2 aromatic rings. The van der Waals surface area contributed by atoms with Crippen LogP contribution in [0.15, 0.2) is 52.1 Å². The molecule has 7 heteroatoms. The first-order chi connectivity index (χ1) is 9.20. The van der Waals surface area contributed by atoms with Gasteiger partial charge in [0.2, 0.25) is 10.3 Å². The summed E-state index contributed by atoms with van der Waals surface area (Å²) in [5.41, 5.74) is 6.70. The number of nitrogens with one attached hydrogen (secondary N) is 1. The van der Waals surface area contributed by atoms with Gasteiger partial charge >= 0.3 is 0 Å². The normalized spacial score (nSPS) is 21.8. The predicted molar refractivity (Wildman–Crippen MR) is 74.2 cm³/mol. The van der Waals surface area contributed by atoms with Gasteiger partial charge in [0.05, 0.1) is 0 Å². The summed E-state index contributed by atoms with van der Waals surface area (Å²) in [6, 6.07) is 9.51. The number of nitrogens with two attached hydrogens (primary N) is 1. The molecule has 1 aromatic carbocycles. The van der Waals surface area contributed by atoms with Crippen LogP contribution in [0.5, 0.6) is 0 Å². The van der Waals surface area contributed by atoms with E-state index in [4.69, 9.17) is 10.2 Å². The van der Waals surface area contributed by atoms with Gasteiger partial charge in [-0.1, -0.05) is 18.2 Å². The van der Waals surface area contributed by atoms with E-state index in [0.717, 1.165) is 5.56 Å². The molecule has 3 N–H and O–H groups in total. The molecule has 3 rings (SSSR count). The highest BCUT2D eigenvalue weighted by molar-refractivity contribution is 9.10. The number of aliphatic imine (C=N–C) groups is 1.